The fourth-order valence-electron chi connectivity index (χ4n) is 1.10. The number of ether oxygens (including phenoxy) is 1. The van der Waals surface area contributed by atoms with Gasteiger partial charge in [0.05, 0.1) is 25.4 Å². The van der Waals surface area contributed by atoms with Crippen LogP contribution in [-0.4, -0.2) is 38.3 Å². The smallest absolute Gasteiger partial charge is 0.345 e. The van der Waals surface area contributed by atoms with Gasteiger partial charge >= 0.3 is 5.69 Å². The van der Waals surface area contributed by atoms with Crippen molar-refractivity contribution in [2.24, 2.45) is 7.05 Å². The van der Waals surface area contributed by atoms with Gasteiger partial charge in [0, 0.05) is 7.05 Å². The Kier molecular flexibility index (Phi) is 4.05. The molecule has 0 saturated heterocycles. The molecular formula is C9H17N3O3. The summed E-state index contributed by atoms with van der Waals surface area (Å²) < 4.78 is 7.80. The van der Waals surface area contributed by atoms with Gasteiger partial charge in [-0.1, -0.05) is 0 Å². The van der Waals surface area contributed by atoms with Crippen LogP contribution in [0, 0.1) is 0 Å². The average Bonchev–Trinajstić information content (AvgIpc) is 2.47. The van der Waals surface area contributed by atoms with Crippen molar-refractivity contribution in [1.82, 2.24) is 14.3 Å². The first kappa shape index (κ1) is 11.9. The molecule has 0 spiro atoms. The van der Waals surface area contributed by atoms with Crippen LogP contribution in [0.2, 0.25) is 0 Å². The molecule has 0 aliphatic carbocycles. The van der Waals surface area contributed by atoms with Crippen LogP contribution in [0.3, 0.4) is 0 Å². The Morgan fingerprint density at radius 1 is 1.60 bits per heavy atom. The molecule has 1 rings (SSSR count). The quantitative estimate of drug-likeness (QED) is 0.710. The second-order valence-corrected chi connectivity index (χ2v) is 3.74. The van der Waals surface area contributed by atoms with Crippen molar-refractivity contribution in [1.29, 1.82) is 0 Å². The third-order valence-electron chi connectivity index (χ3n) is 1.89. The molecule has 1 aromatic heterocycles. The lowest BCUT2D eigenvalue weighted by Crippen LogP contribution is -2.31. The minimum absolute atomic E-state index is 0.0695. The topological polar surface area (TPSA) is 69.3 Å². The highest BCUT2D eigenvalue weighted by Gasteiger charge is 2.10. The number of aryl methyl sites for hydroxylation is 1. The molecule has 1 heterocycles. The van der Waals surface area contributed by atoms with Gasteiger partial charge < -0.3 is 9.84 Å². The van der Waals surface area contributed by atoms with E-state index < -0.39 is 6.10 Å². The maximum Gasteiger partial charge on any atom is 0.345 e. The number of aromatic nitrogens is 3. The van der Waals surface area contributed by atoms with Gasteiger partial charge in [-0.05, 0) is 13.8 Å². The zero-order valence-electron chi connectivity index (χ0n) is 9.25. The van der Waals surface area contributed by atoms with Crippen LogP contribution in [-0.2, 0) is 18.3 Å². The third kappa shape index (κ3) is 3.49. The highest BCUT2D eigenvalue weighted by Crippen LogP contribution is 1.93. The number of hydrogen-bond acceptors (Lipinski definition) is 4. The molecule has 0 bridgehead atoms. The first-order valence-corrected chi connectivity index (χ1v) is 4.88. The van der Waals surface area contributed by atoms with Crippen molar-refractivity contribution in [3.63, 3.8) is 0 Å². The summed E-state index contributed by atoms with van der Waals surface area (Å²) in [6.45, 7) is 4.15. The van der Waals surface area contributed by atoms with E-state index in [1.54, 1.807) is 7.05 Å². The maximum atomic E-state index is 11.4. The first-order valence-electron chi connectivity index (χ1n) is 4.88. The van der Waals surface area contributed by atoms with Crippen molar-refractivity contribution in [3.8, 4) is 0 Å². The lowest BCUT2D eigenvalue weighted by molar-refractivity contribution is -0.00247. The normalized spacial score (nSPS) is 13.4. The molecule has 1 N–H and O–H groups in total. The van der Waals surface area contributed by atoms with Crippen LogP contribution in [0.4, 0.5) is 0 Å². The van der Waals surface area contributed by atoms with Gasteiger partial charge in [-0.3, -0.25) is 4.57 Å². The van der Waals surface area contributed by atoms with Crippen LogP contribution < -0.4 is 5.69 Å². The molecule has 15 heavy (non-hydrogen) atoms. The Labute approximate surface area is 88.1 Å². The monoisotopic (exact) mass is 215 g/mol. The van der Waals surface area contributed by atoms with E-state index in [0.717, 1.165) is 0 Å². The minimum atomic E-state index is -0.708. The summed E-state index contributed by atoms with van der Waals surface area (Å²) in [6.07, 6.45) is 0.776. The summed E-state index contributed by atoms with van der Waals surface area (Å²) in [5.74, 6) is 0. The minimum Gasteiger partial charge on any atom is -0.389 e. The van der Waals surface area contributed by atoms with E-state index in [1.807, 2.05) is 13.8 Å². The van der Waals surface area contributed by atoms with Crippen molar-refractivity contribution in [3.05, 3.63) is 16.8 Å². The van der Waals surface area contributed by atoms with Crippen LogP contribution >= 0.6 is 0 Å². The van der Waals surface area contributed by atoms with Crippen LogP contribution in [0.15, 0.2) is 11.1 Å². The molecule has 1 atom stereocenters. The van der Waals surface area contributed by atoms with E-state index in [1.165, 1.54) is 15.6 Å². The Hall–Kier alpha value is -1.14. The van der Waals surface area contributed by atoms with Crippen molar-refractivity contribution in [2.75, 3.05) is 6.61 Å². The predicted octanol–water partition coefficient (Wildman–Crippen LogP) is -0.632. The molecular weight excluding hydrogens is 198 g/mol. The highest BCUT2D eigenvalue weighted by molar-refractivity contribution is 4.67. The Balaban J connectivity index is 2.48. The lowest BCUT2D eigenvalue weighted by atomic mass is 10.4. The summed E-state index contributed by atoms with van der Waals surface area (Å²) in [5.41, 5.74) is -0.237. The fourth-order valence-corrected chi connectivity index (χ4v) is 1.10. The molecule has 6 nitrogen and oxygen atoms in total. The number of hydrogen-bond donors (Lipinski definition) is 1. The van der Waals surface area contributed by atoms with Crippen LogP contribution in [0.1, 0.15) is 13.8 Å². The summed E-state index contributed by atoms with van der Waals surface area (Å²) in [4.78, 5) is 11.4. The Morgan fingerprint density at radius 3 is 2.73 bits per heavy atom. The second kappa shape index (κ2) is 5.09. The zero-order valence-corrected chi connectivity index (χ0v) is 9.25. The fraction of sp³-hybridized carbons (Fsp3) is 0.778. The molecule has 0 saturated carbocycles. The maximum absolute atomic E-state index is 11.4. The molecule has 0 aliphatic rings. The largest absolute Gasteiger partial charge is 0.389 e. The Morgan fingerprint density at radius 2 is 2.27 bits per heavy atom. The first-order chi connectivity index (χ1) is 7.00. The zero-order chi connectivity index (χ0) is 11.4. The van der Waals surface area contributed by atoms with Gasteiger partial charge in [-0.2, -0.15) is 5.10 Å². The standard InChI is InChI=1S/C9H17N3O3/c1-7(2)15-5-8(13)4-12-9(14)11(3)6-10-12/h6-8,13H,4-5H2,1-3H3. The lowest BCUT2D eigenvalue weighted by Gasteiger charge is -2.12. The molecule has 0 radical (unpaired) electrons. The van der Waals surface area contributed by atoms with Gasteiger partial charge in [0.25, 0.3) is 0 Å². The Bertz CT molecular complexity index is 356. The molecule has 0 fully saturated rings. The summed E-state index contributed by atoms with van der Waals surface area (Å²) in [5, 5.41) is 13.4. The van der Waals surface area contributed by atoms with Crippen molar-refractivity contribution >= 4 is 0 Å². The predicted molar refractivity (Wildman–Crippen MR) is 54.6 cm³/mol. The number of aliphatic hydroxyl groups excluding tert-OH is 1. The molecule has 0 amide bonds. The molecule has 1 unspecified atom stereocenters. The molecule has 6 heteroatoms. The highest BCUT2D eigenvalue weighted by atomic mass is 16.5. The summed E-state index contributed by atoms with van der Waals surface area (Å²) >= 11 is 0. The van der Waals surface area contributed by atoms with Gasteiger partial charge in [0.15, 0.2) is 0 Å². The number of rotatable bonds is 5. The van der Waals surface area contributed by atoms with Gasteiger partial charge in [0.2, 0.25) is 0 Å². The SMILES string of the molecule is CC(C)OCC(O)Cn1ncn(C)c1=O. The van der Waals surface area contributed by atoms with E-state index >= 15 is 0 Å². The molecule has 86 valence electrons. The van der Waals surface area contributed by atoms with Crippen molar-refractivity contribution in [2.45, 2.75) is 32.6 Å². The van der Waals surface area contributed by atoms with E-state index in [9.17, 15) is 9.90 Å². The van der Waals surface area contributed by atoms with Gasteiger partial charge in [0.1, 0.15) is 6.33 Å². The average molecular weight is 215 g/mol. The van der Waals surface area contributed by atoms with Crippen LogP contribution in [0.5, 0.6) is 0 Å². The van der Waals surface area contributed by atoms with Crippen LogP contribution in [0.25, 0.3) is 0 Å². The number of aliphatic hydroxyl groups is 1. The molecule has 0 aliphatic heterocycles. The molecule has 0 aromatic carbocycles. The van der Waals surface area contributed by atoms with E-state index in [2.05, 4.69) is 5.10 Å². The van der Waals surface area contributed by atoms with E-state index in [4.69, 9.17) is 4.74 Å². The van der Waals surface area contributed by atoms with Crippen molar-refractivity contribution < 1.29 is 9.84 Å². The van der Waals surface area contributed by atoms with E-state index in [0.29, 0.717) is 0 Å². The third-order valence-corrected chi connectivity index (χ3v) is 1.89. The van der Waals surface area contributed by atoms with E-state index in [-0.39, 0.29) is 24.9 Å². The summed E-state index contributed by atoms with van der Waals surface area (Å²) in [7, 11) is 1.61. The molecule has 1 aromatic rings. The van der Waals surface area contributed by atoms with Gasteiger partial charge in [-0.15, -0.1) is 0 Å². The second-order valence-electron chi connectivity index (χ2n) is 3.74. The summed E-state index contributed by atoms with van der Waals surface area (Å²) in [6, 6.07) is 0. The number of nitrogens with zero attached hydrogens (tertiary/aromatic N) is 3. The van der Waals surface area contributed by atoms with Gasteiger partial charge in [-0.25, -0.2) is 9.48 Å².